The SMILES string of the molecule is Cn1ccnc1CCNC(=O)c1ccc2c(c1)CCN2. The molecule has 1 aliphatic rings. The van der Waals surface area contributed by atoms with Crippen molar-refractivity contribution >= 4 is 11.6 Å². The maximum absolute atomic E-state index is 12.1. The van der Waals surface area contributed by atoms with Crippen LogP contribution in [0.5, 0.6) is 0 Å². The summed E-state index contributed by atoms with van der Waals surface area (Å²) >= 11 is 0. The van der Waals surface area contributed by atoms with E-state index in [1.54, 1.807) is 6.20 Å². The van der Waals surface area contributed by atoms with E-state index in [1.165, 1.54) is 5.56 Å². The van der Waals surface area contributed by atoms with Crippen molar-refractivity contribution in [2.45, 2.75) is 12.8 Å². The van der Waals surface area contributed by atoms with Crippen LogP contribution in [-0.4, -0.2) is 28.5 Å². The van der Waals surface area contributed by atoms with Gasteiger partial charge in [0.2, 0.25) is 0 Å². The zero-order chi connectivity index (χ0) is 13.9. The van der Waals surface area contributed by atoms with Gasteiger partial charge in [-0.05, 0) is 30.2 Å². The van der Waals surface area contributed by atoms with Gasteiger partial charge in [0.1, 0.15) is 5.82 Å². The lowest BCUT2D eigenvalue weighted by Gasteiger charge is -2.07. The summed E-state index contributed by atoms with van der Waals surface area (Å²) in [5, 5.41) is 6.23. The molecular formula is C15H18N4O. The predicted molar refractivity (Wildman–Crippen MR) is 77.9 cm³/mol. The van der Waals surface area contributed by atoms with Crippen molar-refractivity contribution in [3.05, 3.63) is 47.5 Å². The Hall–Kier alpha value is -2.30. The molecule has 5 heteroatoms. The standard InChI is InChI=1S/C15H18N4O/c1-19-9-8-17-14(19)5-7-18-15(20)12-2-3-13-11(10-12)4-6-16-13/h2-3,8-10,16H,4-7H2,1H3,(H,18,20). The molecule has 2 N–H and O–H groups in total. The van der Waals surface area contributed by atoms with Gasteiger partial charge in [0.25, 0.3) is 5.91 Å². The lowest BCUT2D eigenvalue weighted by atomic mass is 10.1. The number of nitrogens with one attached hydrogen (secondary N) is 2. The highest BCUT2D eigenvalue weighted by molar-refractivity contribution is 5.95. The fraction of sp³-hybridized carbons (Fsp3) is 0.333. The number of fused-ring (bicyclic) bond motifs is 1. The molecular weight excluding hydrogens is 252 g/mol. The number of aryl methyl sites for hydroxylation is 1. The lowest BCUT2D eigenvalue weighted by Crippen LogP contribution is -2.26. The number of benzene rings is 1. The zero-order valence-corrected chi connectivity index (χ0v) is 11.5. The van der Waals surface area contributed by atoms with Gasteiger partial charge in [-0.3, -0.25) is 4.79 Å². The van der Waals surface area contributed by atoms with Crippen LogP contribution in [0.3, 0.4) is 0 Å². The Morgan fingerprint density at radius 2 is 2.40 bits per heavy atom. The van der Waals surface area contributed by atoms with E-state index in [0.717, 1.165) is 36.5 Å². The van der Waals surface area contributed by atoms with Gasteiger partial charge in [-0.15, -0.1) is 0 Å². The maximum atomic E-state index is 12.1. The first-order chi connectivity index (χ1) is 9.74. The number of carbonyl (C=O) groups is 1. The molecule has 20 heavy (non-hydrogen) atoms. The molecule has 2 heterocycles. The van der Waals surface area contributed by atoms with Crippen LogP contribution in [0.2, 0.25) is 0 Å². The highest BCUT2D eigenvalue weighted by Crippen LogP contribution is 2.22. The van der Waals surface area contributed by atoms with Gasteiger partial charge >= 0.3 is 0 Å². The number of aromatic nitrogens is 2. The molecule has 0 saturated carbocycles. The van der Waals surface area contributed by atoms with E-state index in [-0.39, 0.29) is 5.91 Å². The van der Waals surface area contributed by atoms with Gasteiger partial charge in [-0.1, -0.05) is 0 Å². The van der Waals surface area contributed by atoms with E-state index in [1.807, 2.05) is 36.0 Å². The van der Waals surface area contributed by atoms with E-state index in [4.69, 9.17) is 0 Å². The average Bonchev–Trinajstić information content (AvgIpc) is 3.07. The van der Waals surface area contributed by atoms with Crippen molar-refractivity contribution in [2.75, 3.05) is 18.4 Å². The number of nitrogens with zero attached hydrogens (tertiary/aromatic N) is 2. The molecule has 0 radical (unpaired) electrons. The van der Waals surface area contributed by atoms with Crippen molar-refractivity contribution in [2.24, 2.45) is 7.05 Å². The number of amides is 1. The largest absolute Gasteiger partial charge is 0.384 e. The monoisotopic (exact) mass is 270 g/mol. The van der Waals surface area contributed by atoms with Crippen LogP contribution in [0.15, 0.2) is 30.6 Å². The fourth-order valence-electron chi connectivity index (χ4n) is 2.47. The molecule has 0 aliphatic carbocycles. The number of anilines is 1. The van der Waals surface area contributed by atoms with E-state index in [2.05, 4.69) is 15.6 Å². The summed E-state index contributed by atoms with van der Waals surface area (Å²) in [7, 11) is 1.96. The van der Waals surface area contributed by atoms with Gasteiger partial charge in [0, 0.05) is 50.2 Å². The number of imidazole rings is 1. The minimum Gasteiger partial charge on any atom is -0.384 e. The highest BCUT2D eigenvalue weighted by atomic mass is 16.1. The molecule has 0 unspecified atom stereocenters. The molecule has 5 nitrogen and oxygen atoms in total. The molecule has 1 aromatic heterocycles. The van der Waals surface area contributed by atoms with E-state index in [9.17, 15) is 4.79 Å². The van der Waals surface area contributed by atoms with E-state index >= 15 is 0 Å². The van der Waals surface area contributed by atoms with Crippen LogP contribution in [-0.2, 0) is 19.9 Å². The second-order valence-electron chi connectivity index (χ2n) is 5.01. The van der Waals surface area contributed by atoms with Gasteiger partial charge in [0.05, 0.1) is 0 Å². The summed E-state index contributed by atoms with van der Waals surface area (Å²) < 4.78 is 1.97. The molecule has 2 aromatic rings. The third kappa shape index (κ3) is 2.52. The smallest absolute Gasteiger partial charge is 0.251 e. The summed E-state index contributed by atoms with van der Waals surface area (Å²) in [5.74, 6) is 0.956. The molecule has 1 aliphatic heterocycles. The summed E-state index contributed by atoms with van der Waals surface area (Å²) in [6.07, 6.45) is 5.40. The van der Waals surface area contributed by atoms with Crippen molar-refractivity contribution in [1.29, 1.82) is 0 Å². The molecule has 0 fully saturated rings. The Balaban J connectivity index is 1.58. The summed E-state index contributed by atoms with van der Waals surface area (Å²) in [5.41, 5.74) is 3.10. The van der Waals surface area contributed by atoms with Crippen molar-refractivity contribution in [3.8, 4) is 0 Å². The summed E-state index contributed by atoms with van der Waals surface area (Å²) in [6, 6.07) is 5.83. The minimum atomic E-state index is -0.0195. The van der Waals surface area contributed by atoms with Crippen LogP contribution in [0.1, 0.15) is 21.7 Å². The number of hydrogen-bond acceptors (Lipinski definition) is 3. The van der Waals surface area contributed by atoms with Crippen molar-refractivity contribution in [3.63, 3.8) is 0 Å². The Labute approximate surface area is 118 Å². The number of rotatable bonds is 4. The highest BCUT2D eigenvalue weighted by Gasteiger charge is 2.13. The molecule has 0 atom stereocenters. The summed E-state index contributed by atoms with van der Waals surface area (Å²) in [4.78, 5) is 16.3. The quantitative estimate of drug-likeness (QED) is 0.882. The minimum absolute atomic E-state index is 0.0195. The molecule has 0 spiro atoms. The third-order valence-corrected chi connectivity index (χ3v) is 3.63. The van der Waals surface area contributed by atoms with Gasteiger partial charge in [-0.25, -0.2) is 4.98 Å². The molecule has 1 aromatic carbocycles. The van der Waals surface area contributed by atoms with Gasteiger partial charge in [-0.2, -0.15) is 0 Å². The lowest BCUT2D eigenvalue weighted by molar-refractivity contribution is 0.0954. The zero-order valence-electron chi connectivity index (χ0n) is 11.5. The molecule has 104 valence electrons. The average molecular weight is 270 g/mol. The fourth-order valence-corrected chi connectivity index (χ4v) is 2.47. The number of hydrogen-bond donors (Lipinski definition) is 2. The normalized spacial score (nSPS) is 12.8. The molecule has 0 saturated heterocycles. The Bertz CT molecular complexity index is 633. The van der Waals surface area contributed by atoms with Crippen LogP contribution in [0.4, 0.5) is 5.69 Å². The van der Waals surface area contributed by atoms with Crippen LogP contribution in [0, 0.1) is 0 Å². The Morgan fingerprint density at radius 1 is 1.50 bits per heavy atom. The second kappa shape index (κ2) is 5.36. The van der Waals surface area contributed by atoms with Crippen LogP contribution in [0.25, 0.3) is 0 Å². The van der Waals surface area contributed by atoms with Crippen LogP contribution >= 0.6 is 0 Å². The first kappa shape index (κ1) is 12.7. The van der Waals surface area contributed by atoms with E-state index in [0.29, 0.717) is 6.54 Å². The van der Waals surface area contributed by atoms with Crippen molar-refractivity contribution in [1.82, 2.24) is 14.9 Å². The van der Waals surface area contributed by atoms with Gasteiger partial charge < -0.3 is 15.2 Å². The maximum Gasteiger partial charge on any atom is 0.251 e. The molecule has 1 amide bonds. The Kier molecular flexibility index (Phi) is 3.41. The summed E-state index contributed by atoms with van der Waals surface area (Å²) in [6.45, 7) is 1.55. The Morgan fingerprint density at radius 3 is 3.20 bits per heavy atom. The third-order valence-electron chi connectivity index (χ3n) is 3.63. The van der Waals surface area contributed by atoms with Gasteiger partial charge in [0.15, 0.2) is 0 Å². The first-order valence-corrected chi connectivity index (χ1v) is 6.85. The van der Waals surface area contributed by atoms with Crippen molar-refractivity contribution < 1.29 is 4.79 Å². The van der Waals surface area contributed by atoms with E-state index < -0.39 is 0 Å². The predicted octanol–water partition coefficient (Wildman–Crippen LogP) is 1.36. The number of carbonyl (C=O) groups excluding carboxylic acids is 1. The van der Waals surface area contributed by atoms with Crippen LogP contribution < -0.4 is 10.6 Å². The molecule has 3 rings (SSSR count). The molecule has 0 bridgehead atoms. The topological polar surface area (TPSA) is 59.0 Å². The second-order valence-corrected chi connectivity index (χ2v) is 5.01. The first-order valence-electron chi connectivity index (χ1n) is 6.85.